The molecule has 0 heterocycles. The van der Waals surface area contributed by atoms with Gasteiger partial charge in [0, 0.05) is 9.50 Å². The van der Waals surface area contributed by atoms with E-state index in [9.17, 15) is 0 Å². The third-order valence-electron chi connectivity index (χ3n) is 2.88. The van der Waals surface area contributed by atoms with Crippen LogP contribution < -0.4 is 11.3 Å². The first-order valence-corrected chi connectivity index (χ1v) is 7.30. The van der Waals surface area contributed by atoms with Crippen LogP contribution in [-0.4, -0.2) is 0 Å². The van der Waals surface area contributed by atoms with Crippen molar-refractivity contribution in [3.8, 4) is 0 Å². The Morgan fingerprint density at radius 3 is 2.58 bits per heavy atom. The molecule has 1 atom stereocenters. The molecule has 0 aliphatic heterocycles. The molecule has 0 spiro atoms. The molecule has 2 rings (SSSR count). The number of nitrogens with one attached hydrogen (secondary N) is 1. The highest BCUT2D eigenvalue weighted by Gasteiger charge is 2.12. The second-order valence-electron chi connectivity index (χ2n) is 4.23. The molecule has 0 radical (unpaired) electrons. The SMILES string of the molecule is NNC(Cc1cccc(Cl)c1)c1ccc(Br)c(Cl)c1. The van der Waals surface area contributed by atoms with Crippen molar-refractivity contribution < 1.29 is 0 Å². The Bertz CT molecular complexity index is 575. The van der Waals surface area contributed by atoms with E-state index < -0.39 is 0 Å². The number of rotatable bonds is 4. The Morgan fingerprint density at radius 1 is 1.16 bits per heavy atom. The first-order valence-electron chi connectivity index (χ1n) is 5.75. The predicted octanol–water partition coefficient (Wildman–Crippen LogP) is 4.50. The molecule has 0 bridgehead atoms. The van der Waals surface area contributed by atoms with Gasteiger partial charge in [-0.2, -0.15) is 0 Å². The number of benzene rings is 2. The van der Waals surface area contributed by atoms with E-state index in [-0.39, 0.29) is 6.04 Å². The standard InChI is InChI=1S/C14H13BrCl2N2/c15-12-5-4-10(8-13(12)17)14(19-18)7-9-2-1-3-11(16)6-9/h1-6,8,14,19H,7,18H2. The molecular weight excluding hydrogens is 347 g/mol. The van der Waals surface area contributed by atoms with Crippen molar-refractivity contribution in [2.45, 2.75) is 12.5 Å². The molecule has 5 heteroatoms. The minimum atomic E-state index is -0.0101. The second-order valence-corrected chi connectivity index (χ2v) is 5.92. The van der Waals surface area contributed by atoms with Gasteiger partial charge >= 0.3 is 0 Å². The lowest BCUT2D eigenvalue weighted by molar-refractivity contribution is 0.552. The third-order valence-corrected chi connectivity index (χ3v) is 4.34. The topological polar surface area (TPSA) is 38.0 Å². The molecule has 2 aromatic carbocycles. The van der Waals surface area contributed by atoms with Gasteiger partial charge in [-0.25, -0.2) is 0 Å². The van der Waals surface area contributed by atoms with Crippen molar-refractivity contribution in [3.05, 3.63) is 68.1 Å². The monoisotopic (exact) mass is 358 g/mol. The summed E-state index contributed by atoms with van der Waals surface area (Å²) in [5.41, 5.74) is 4.97. The maximum absolute atomic E-state index is 6.11. The normalized spacial score (nSPS) is 12.4. The van der Waals surface area contributed by atoms with Gasteiger partial charge in [-0.15, -0.1) is 0 Å². The van der Waals surface area contributed by atoms with Crippen LogP contribution in [0.2, 0.25) is 10.0 Å². The van der Waals surface area contributed by atoms with E-state index in [2.05, 4.69) is 21.4 Å². The molecule has 0 saturated heterocycles. The summed E-state index contributed by atoms with van der Waals surface area (Å²) in [6.45, 7) is 0. The van der Waals surface area contributed by atoms with E-state index >= 15 is 0 Å². The fourth-order valence-corrected chi connectivity index (χ4v) is 2.55. The first-order chi connectivity index (χ1) is 9.10. The highest BCUT2D eigenvalue weighted by Crippen LogP contribution is 2.27. The zero-order chi connectivity index (χ0) is 13.8. The lowest BCUT2D eigenvalue weighted by atomic mass is 9.99. The van der Waals surface area contributed by atoms with Crippen LogP contribution in [0.3, 0.4) is 0 Å². The minimum Gasteiger partial charge on any atom is -0.271 e. The molecule has 0 aliphatic carbocycles. The average molecular weight is 360 g/mol. The number of hydrogen-bond donors (Lipinski definition) is 2. The zero-order valence-corrected chi connectivity index (χ0v) is 13.1. The Balaban J connectivity index is 2.22. The van der Waals surface area contributed by atoms with E-state index in [1.54, 1.807) is 0 Å². The van der Waals surface area contributed by atoms with Crippen molar-refractivity contribution in [2.75, 3.05) is 0 Å². The molecule has 1 unspecified atom stereocenters. The van der Waals surface area contributed by atoms with Crippen LogP contribution in [0.15, 0.2) is 46.9 Å². The lowest BCUT2D eigenvalue weighted by Crippen LogP contribution is -2.29. The van der Waals surface area contributed by atoms with E-state index in [1.807, 2.05) is 42.5 Å². The van der Waals surface area contributed by atoms with Crippen molar-refractivity contribution >= 4 is 39.1 Å². The fourth-order valence-electron chi connectivity index (χ4n) is 1.90. The largest absolute Gasteiger partial charge is 0.271 e. The van der Waals surface area contributed by atoms with Crippen LogP contribution in [0.25, 0.3) is 0 Å². The van der Waals surface area contributed by atoms with Crippen LogP contribution in [0.4, 0.5) is 0 Å². The molecular formula is C14H13BrCl2N2. The Labute approximate surface area is 131 Å². The van der Waals surface area contributed by atoms with E-state index in [1.165, 1.54) is 0 Å². The van der Waals surface area contributed by atoms with Crippen molar-refractivity contribution in [2.24, 2.45) is 5.84 Å². The van der Waals surface area contributed by atoms with Gasteiger partial charge in [-0.3, -0.25) is 11.3 Å². The average Bonchev–Trinajstić information content (AvgIpc) is 2.39. The zero-order valence-electron chi connectivity index (χ0n) is 10.0. The first kappa shape index (κ1) is 14.8. The van der Waals surface area contributed by atoms with Crippen LogP contribution in [-0.2, 0) is 6.42 Å². The molecule has 0 aromatic heterocycles. The number of halogens is 3. The Hall–Kier alpha value is -0.580. The van der Waals surface area contributed by atoms with Crippen LogP contribution in [0.5, 0.6) is 0 Å². The maximum atomic E-state index is 6.11. The maximum Gasteiger partial charge on any atom is 0.0551 e. The van der Waals surface area contributed by atoms with E-state index in [0.29, 0.717) is 5.02 Å². The minimum absolute atomic E-state index is 0.0101. The molecule has 0 amide bonds. The molecule has 0 saturated carbocycles. The number of hydrazine groups is 1. The van der Waals surface area contributed by atoms with Crippen molar-refractivity contribution in [1.29, 1.82) is 0 Å². The second kappa shape index (κ2) is 6.73. The summed E-state index contributed by atoms with van der Waals surface area (Å²) in [6, 6.07) is 13.5. The van der Waals surface area contributed by atoms with Crippen LogP contribution in [0, 0.1) is 0 Å². The lowest BCUT2D eigenvalue weighted by Gasteiger charge is -2.17. The summed E-state index contributed by atoms with van der Waals surface area (Å²) in [5, 5.41) is 1.39. The number of hydrogen-bond acceptors (Lipinski definition) is 2. The highest BCUT2D eigenvalue weighted by molar-refractivity contribution is 9.10. The van der Waals surface area contributed by atoms with Gasteiger partial charge in [0.2, 0.25) is 0 Å². The van der Waals surface area contributed by atoms with E-state index in [4.69, 9.17) is 29.0 Å². The van der Waals surface area contributed by atoms with Crippen LogP contribution >= 0.6 is 39.1 Å². The van der Waals surface area contributed by atoms with Gasteiger partial charge in [0.15, 0.2) is 0 Å². The van der Waals surface area contributed by atoms with Crippen molar-refractivity contribution in [3.63, 3.8) is 0 Å². The molecule has 3 N–H and O–H groups in total. The smallest absolute Gasteiger partial charge is 0.0551 e. The summed E-state index contributed by atoms with van der Waals surface area (Å²) in [6.07, 6.45) is 0.745. The summed E-state index contributed by atoms with van der Waals surface area (Å²) >= 11 is 15.5. The predicted molar refractivity (Wildman–Crippen MR) is 84.4 cm³/mol. The van der Waals surface area contributed by atoms with Crippen LogP contribution in [0.1, 0.15) is 17.2 Å². The number of nitrogens with two attached hydrogens (primary N) is 1. The summed E-state index contributed by atoms with van der Waals surface area (Å²) in [7, 11) is 0. The molecule has 0 aliphatic rings. The van der Waals surface area contributed by atoms with Gasteiger partial charge in [-0.05, 0) is 57.7 Å². The van der Waals surface area contributed by atoms with Gasteiger partial charge in [-0.1, -0.05) is 41.4 Å². The Morgan fingerprint density at radius 2 is 1.95 bits per heavy atom. The van der Waals surface area contributed by atoms with Gasteiger partial charge in [0.25, 0.3) is 0 Å². The third kappa shape index (κ3) is 3.94. The summed E-state index contributed by atoms with van der Waals surface area (Å²) in [5.74, 6) is 5.64. The van der Waals surface area contributed by atoms with E-state index in [0.717, 1.165) is 27.0 Å². The Kier molecular flexibility index (Phi) is 5.25. The summed E-state index contributed by atoms with van der Waals surface area (Å²) < 4.78 is 0.872. The quantitative estimate of drug-likeness (QED) is 0.622. The molecule has 2 nitrogen and oxygen atoms in total. The molecule has 100 valence electrons. The molecule has 19 heavy (non-hydrogen) atoms. The van der Waals surface area contributed by atoms with Gasteiger partial charge in [0.05, 0.1) is 11.1 Å². The fraction of sp³-hybridized carbons (Fsp3) is 0.143. The van der Waals surface area contributed by atoms with Crippen molar-refractivity contribution in [1.82, 2.24) is 5.43 Å². The van der Waals surface area contributed by atoms with Gasteiger partial charge in [0.1, 0.15) is 0 Å². The van der Waals surface area contributed by atoms with Gasteiger partial charge < -0.3 is 0 Å². The summed E-state index contributed by atoms with van der Waals surface area (Å²) in [4.78, 5) is 0. The highest BCUT2D eigenvalue weighted by atomic mass is 79.9. The molecule has 0 fully saturated rings. The molecule has 2 aromatic rings.